The lowest BCUT2D eigenvalue weighted by Crippen LogP contribution is -2.34. The lowest BCUT2D eigenvalue weighted by atomic mass is 10.0. The Morgan fingerprint density at radius 1 is 1.16 bits per heavy atom. The van der Waals surface area contributed by atoms with Crippen LogP contribution in [0.25, 0.3) is 0 Å². The van der Waals surface area contributed by atoms with Crippen molar-refractivity contribution in [2.24, 2.45) is 5.92 Å². The van der Waals surface area contributed by atoms with Gasteiger partial charge in [-0.25, -0.2) is 4.39 Å². The number of ether oxygens (including phenoxy) is 2. The van der Waals surface area contributed by atoms with Gasteiger partial charge in [-0.1, -0.05) is 6.07 Å². The second kappa shape index (κ2) is 8.30. The summed E-state index contributed by atoms with van der Waals surface area (Å²) in [7, 11) is 0. The number of amides is 2. The Morgan fingerprint density at radius 3 is 2.94 bits per heavy atom. The van der Waals surface area contributed by atoms with Crippen LogP contribution >= 0.6 is 0 Å². The molecule has 0 saturated carbocycles. The maximum Gasteiger partial charge on any atom is 0.227 e. The Kier molecular flexibility index (Phi) is 5.36. The number of hydrogen-bond donors (Lipinski definition) is 1. The first kappa shape index (κ1) is 20.0. The number of nitrogens with zero attached hydrogens (tertiary/aromatic N) is 1. The van der Waals surface area contributed by atoms with Crippen LogP contribution in [0.3, 0.4) is 0 Å². The van der Waals surface area contributed by atoms with Gasteiger partial charge in [0.05, 0.1) is 12.5 Å². The second-order valence-electron chi connectivity index (χ2n) is 8.42. The molecule has 3 aliphatic rings. The van der Waals surface area contributed by atoms with E-state index in [0.29, 0.717) is 43.0 Å². The van der Waals surface area contributed by atoms with E-state index >= 15 is 0 Å². The molecule has 1 unspecified atom stereocenters. The van der Waals surface area contributed by atoms with E-state index in [-0.39, 0.29) is 36.8 Å². The number of fused-ring (bicyclic) bond motifs is 2. The van der Waals surface area contributed by atoms with Gasteiger partial charge in [-0.2, -0.15) is 0 Å². The van der Waals surface area contributed by atoms with E-state index in [1.165, 1.54) is 23.3 Å². The third-order valence-corrected chi connectivity index (χ3v) is 6.33. The quantitative estimate of drug-likeness (QED) is 0.802. The molecule has 0 radical (unpaired) electrons. The number of benzene rings is 2. The third-order valence-electron chi connectivity index (χ3n) is 6.33. The molecule has 1 N–H and O–H groups in total. The van der Waals surface area contributed by atoms with Gasteiger partial charge in [0.25, 0.3) is 0 Å². The molecule has 31 heavy (non-hydrogen) atoms. The first-order chi connectivity index (χ1) is 15.1. The molecule has 0 aromatic heterocycles. The SMILES string of the molecule is O=C(NCCc1cc(F)cc2c1OCOC2)C1CC(=O)N(c2ccc3c(c2)CCC3)C1. The van der Waals surface area contributed by atoms with E-state index in [0.717, 1.165) is 24.9 Å². The lowest BCUT2D eigenvalue weighted by Gasteiger charge is -2.21. The molecule has 1 aliphatic carbocycles. The zero-order valence-corrected chi connectivity index (χ0v) is 17.3. The van der Waals surface area contributed by atoms with E-state index in [4.69, 9.17) is 9.47 Å². The fourth-order valence-electron chi connectivity index (χ4n) is 4.77. The fraction of sp³-hybridized carbons (Fsp3) is 0.417. The van der Waals surface area contributed by atoms with Gasteiger partial charge >= 0.3 is 0 Å². The Bertz CT molecular complexity index is 1040. The molecule has 2 aromatic rings. The van der Waals surface area contributed by atoms with Crippen molar-refractivity contribution in [2.45, 2.75) is 38.7 Å². The summed E-state index contributed by atoms with van der Waals surface area (Å²) in [4.78, 5) is 27.0. The highest BCUT2D eigenvalue weighted by atomic mass is 19.1. The van der Waals surface area contributed by atoms with Crippen molar-refractivity contribution in [2.75, 3.05) is 24.8 Å². The van der Waals surface area contributed by atoms with Gasteiger partial charge in [0, 0.05) is 30.8 Å². The first-order valence-corrected chi connectivity index (χ1v) is 10.8. The number of rotatable bonds is 5. The third kappa shape index (κ3) is 4.02. The lowest BCUT2D eigenvalue weighted by molar-refractivity contribution is -0.126. The van der Waals surface area contributed by atoms with Crippen molar-refractivity contribution in [3.63, 3.8) is 0 Å². The molecule has 1 saturated heterocycles. The summed E-state index contributed by atoms with van der Waals surface area (Å²) in [5.41, 5.74) is 4.94. The van der Waals surface area contributed by atoms with Crippen LogP contribution in [-0.2, 0) is 40.2 Å². The number of nitrogens with one attached hydrogen (secondary N) is 1. The molecule has 2 aliphatic heterocycles. The zero-order valence-electron chi connectivity index (χ0n) is 17.3. The summed E-state index contributed by atoms with van der Waals surface area (Å²) in [6.45, 7) is 1.19. The standard InChI is InChI=1S/C24H25FN2O4/c25-20-8-17(23-19(9-20)13-30-14-31-23)6-7-26-24(29)18-11-22(28)27(12-18)21-5-4-15-2-1-3-16(15)10-21/h4-5,8-10,18H,1-3,6-7,11-14H2,(H,26,29). The van der Waals surface area contributed by atoms with E-state index in [2.05, 4.69) is 17.4 Å². The van der Waals surface area contributed by atoms with Crippen LogP contribution in [0, 0.1) is 11.7 Å². The number of carbonyl (C=O) groups excluding carboxylic acids is 2. The maximum absolute atomic E-state index is 13.9. The average Bonchev–Trinajstić information content (AvgIpc) is 3.39. The molecule has 2 aromatic carbocycles. The molecule has 5 rings (SSSR count). The van der Waals surface area contributed by atoms with Crippen LogP contribution in [-0.4, -0.2) is 31.7 Å². The number of hydrogen-bond acceptors (Lipinski definition) is 4. The predicted molar refractivity (Wildman–Crippen MR) is 112 cm³/mol. The van der Waals surface area contributed by atoms with Gasteiger partial charge in [-0.15, -0.1) is 0 Å². The topological polar surface area (TPSA) is 67.9 Å². The molecule has 1 atom stereocenters. The van der Waals surface area contributed by atoms with Crippen LogP contribution < -0.4 is 15.0 Å². The molecule has 162 valence electrons. The van der Waals surface area contributed by atoms with Gasteiger partial charge in [0.15, 0.2) is 6.79 Å². The van der Waals surface area contributed by atoms with Crippen molar-refractivity contribution in [1.29, 1.82) is 0 Å². The summed E-state index contributed by atoms with van der Waals surface area (Å²) >= 11 is 0. The van der Waals surface area contributed by atoms with Crippen molar-refractivity contribution < 1.29 is 23.5 Å². The van der Waals surface area contributed by atoms with Gasteiger partial charge < -0.3 is 19.7 Å². The van der Waals surface area contributed by atoms with Crippen molar-refractivity contribution in [1.82, 2.24) is 5.32 Å². The maximum atomic E-state index is 13.9. The monoisotopic (exact) mass is 424 g/mol. The Hall–Kier alpha value is -2.93. The Labute approximate surface area is 180 Å². The summed E-state index contributed by atoms with van der Waals surface area (Å²) in [6, 6.07) is 9.03. The summed E-state index contributed by atoms with van der Waals surface area (Å²) in [6.07, 6.45) is 3.96. The van der Waals surface area contributed by atoms with E-state index in [1.54, 1.807) is 4.90 Å². The smallest absolute Gasteiger partial charge is 0.227 e. The van der Waals surface area contributed by atoms with Crippen molar-refractivity contribution in [3.8, 4) is 5.75 Å². The van der Waals surface area contributed by atoms with Crippen LogP contribution in [0.1, 0.15) is 35.1 Å². The molecule has 6 nitrogen and oxygen atoms in total. The summed E-state index contributed by atoms with van der Waals surface area (Å²) in [5, 5.41) is 2.91. The molecule has 0 bridgehead atoms. The minimum absolute atomic E-state index is 0.0225. The highest BCUT2D eigenvalue weighted by Gasteiger charge is 2.35. The molecular formula is C24H25FN2O4. The Morgan fingerprint density at radius 2 is 2.03 bits per heavy atom. The molecule has 1 fully saturated rings. The van der Waals surface area contributed by atoms with Crippen molar-refractivity contribution >= 4 is 17.5 Å². The largest absolute Gasteiger partial charge is 0.467 e. The van der Waals surface area contributed by atoms with Gasteiger partial charge in [0.2, 0.25) is 11.8 Å². The van der Waals surface area contributed by atoms with Gasteiger partial charge in [0.1, 0.15) is 11.6 Å². The molecule has 7 heteroatoms. The summed E-state index contributed by atoms with van der Waals surface area (Å²) in [5.74, 6) is -0.259. The summed E-state index contributed by atoms with van der Waals surface area (Å²) < 4.78 is 24.6. The van der Waals surface area contributed by atoms with Gasteiger partial charge in [-0.3, -0.25) is 9.59 Å². The van der Waals surface area contributed by atoms with Crippen LogP contribution in [0.2, 0.25) is 0 Å². The molecule has 0 spiro atoms. The molecular weight excluding hydrogens is 399 g/mol. The highest BCUT2D eigenvalue weighted by molar-refractivity contribution is 6.00. The average molecular weight is 424 g/mol. The predicted octanol–water partition coefficient (Wildman–Crippen LogP) is 2.89. The van der Waals surface area contributed by atoms with E-state index < -0.39 is 0 Å². The Balaban J connectivity index is 1.19. The van der Waals surface area contributed by atoms with E-state index in [1.807, 2.05) is 6.07 Å². The number of carbonyl (C=O) groups is 2. The zero-order chi connectivity index (χ0) is 21.4. The molecule has 2 heterocycles. The number of anilines is 1. The molecule has 2 amide bonds. The van der Waals surface area contributed by atoms with Crippen molar-refractivity contribution in [3.05, 3.63) is 58.4 Å². The van der Waals surface area contributed by atoms with Gasteiger partial charge in [-0.05, 0) is 66.6 Å². The van der Waals surface area contributed by atoms with Crippen LogP contribution in [0.5, 0.6) is 5.75 Å². The van der Waals surface area contributed by atoms with Crippen LogP contribution in [0.15, 0.2) is 30.3 Å². The minimum atomic E-state index is -0.383. The highest BCUT2D eigenvalue weighted by Crippen LogP contribution is 2.31. The first-order valence-electron chi connectivity index (χ1n) is 10.8. The second-order valence-corrected chi connectivity index (χ2v) is 8.42. The van der Waals surface area contributed by atoms with Crippen LogP contribution in [0.4, 0.5) is 10.1 Å². The van der Waals surface area contributed by atoms with E-state index in [9.17, 15) is 14.0 Å². The number of aryl methyl sites for hydroxylation is 2. The minimum Gasteiger partial charge on any atom is -0.467 e. The number of halogens is 1. The fourth-order valence-corrected chi connectivity index (χ4v) is 4.77. The normalized spacial score (nSPS) is 19.7.